The molecule has 0 unspecified atom stereocenters. The van der Waals surface area contributed by atoms with Gasteiger partial charge in [-0.1, -0.05) is 66.7 Å². The van der Waals surface area contributed by atoms with E-state index in [0.717, 1.165) is 27.4 Å². The first kappa shape index (κ1) is 22.3. The second kappa shape index (κ2) is 8.80. The van der Waals surface area contributed by atoms with E-state index in [1.807, 2.05) is 37.3 Å². The maximum Gasteiger partial charge on any atom is 0.275 e. The summed E-state index contributed by atoms with van der Waals surface area (Å²) in [6, 6.07) is 27.7. The lowest BCUT2D eigenvalue weighted by Crippen LogP contribution is -2.02. The lowest BCUT2D eigenvalue weighted by atomic mass is 9.86. The van der Waals surface area contributed by atoms with Crippen molar-refractivity contribution in [1.82, 2.24) is 4.98 Å². The van der Waals surface area contributed by atoms with Crippen molar-refractivity contribution < 1.29 is 4.92 Å². The van der Waals surface area contributed by atoms with Crippen molar-refractivity contribution in [3.05, 3.63) is 111 Å². The molecule has 0 spiro atoms. The van der Waals surface area contributed by atoms with Crippen LogP contribution in [0.3, 0.4) is 0 Å². The Morgan fingerprint density at radius 2 is 1.47 bits per heavy atom. The zero-order chi connectivity index (χ0) is 24.8. The van der Waals surface area contributed by atoms with Crippen molar-refractivity contribution in [2.75, 3.05) is 0 Å². The molecule has 0 bridgehead atoms. The highest BCUT2D eigenvalue weighted by molar-refractivity contribution is 6.10. The molecule has 5 aromatic carbocycles. The smallest absolute Gasteiger partial charge is 0.275 e. The lowest BCUT2D eigenvalue weighted by molar-refractivity contribution is -0.385. The SMILES string of the molecule is Cc1cc2[nH]c3ccccc3c2c(C)c1[N+](=O)[O-].c1ccc2c(c1)ccc1c3c(ccc12)CCCC3. The Hall–Kier alpha value is -4.18. The molecule has 0 saturated heterocycles. The Kier molecular flexibility index (Phi) is 5.45. The average molecular weight is 473 g/mol. The number of rotatable bonds is 1. The molecule has 6 aromatic rings. The Morgan fingerprint density at radius 1 is 0.750 bits per heavy atom. The van der Waals surface area contributed by atoms with Gasteiger partial charge >= 0.3 is 0 Å². The van der Waals surface area contributed by atoms with Gasteiger partial charge in [-0.05, 0) is 84.3 Å². The Morgan fingerprint density at radius 3 is 2.31 bits per heavy atom. The highest BCUT2D eigenvalue weighted by Crippen LogP contribution is 2.36. The van der Waals surface area contributed by atoms with Crippen LogP contribution < -0.4 is 0 Å². The fourth-order valence-corrected chi connectivity index (χ4v) is 6.00. The molecule has 0 amide bonds. The van der Waals surface area contributed by atoms with Crippen molar-refractivity contribution in [3.8, 4) is 0 Å². The van der Waals surface area contributed by atoms with E-state index in [1.165, 1.54) is 47.2 Å². The number of hydrogen-bond acceptors (Lipinski definition) is 2. The first-order valence-corrected chi connectivity index (χ1v) is 12.6. The number of nitrogens with one attached hydrogen (secondary N) is 1. The van der Waals surface area contributed by atoms with E-state index in [-0.39, 0.29) is 10.6 Å². The number of H-pyrrole nitrogens is 1. The molecule has 7 rings (SSSR count). The molecule has 0 atom stereocenters. The van der Waals surface area contributed by atoms with E-state index in [0.29, 0.717) is 5.56 Å². The molecular formula is C32H28N2O2. The van der Waals surface area contributed by atoms with E-state index in [4.69, 9.17) is 0 Å². The van der Waals surface area contributed by atoms with Gasteiger partial charge in [0, 0.05) is 32.9 Å². The summed E-state index contributed by atoms with van der Waals surface area (Å²) in [7, 11) is 0. The summed E-state index contributed by atoms with van der Waals surface area (Å²) >= 11 is 0. The van der Waals surface area contributed by atoms with Crippen LogP contribution in [-0.2, 0) is 12.8 Å². The Bertz CT molecular complexity index is 1800. The summed E-state index contributed by atoms with van der Waals surface area (Å²) in [4.78, 5) is 14.1. The van der Waals surface area contributed by atoms with Gasteiger partial charge in [0.25, 0.3) is 5.69 Å². The number of fused-ring (bicyclic) bond motifs is 8. The molecule has 1 N–H and O–H groups in total. The van der Waals surface area contributed by atoms with E-state index < -0.39 is 0 Å². The summed E-state index contributed by atoms with van der Waals surface area (Å²) in [5, 5.41) is 18.8. The van der Waals surface area contributed by atoms with Gasteiger partial charge in [0.1, 0.15) is 0 Å². The van der Waals surface area contributed by atoms with Crippen molar-refractivity contribution in [2.45, 2.75) is 39.5 Å². The molecule has 4 heteroatoms. The number of nitro groups is 1. The van der Waals surface area contributed by atoms with Gasteiger partial charge in [-0.15, -0.1) is 0 Å². The fraction of sp³-hybridized carbons (Fsp3) is 0.188. The first-order chi connectivity index (χ1) is 17.5. The van der Waals surface area contributed by atoms with E-state index in [9.17, 15) is 10.1 Å². The van der Waals surface area contributed by atoms with Crippen LogP contribution in [0.1, 0.15) is 35.1 Å². The van der Waals surface area contributed by atoms with Crippen LogP contribution in [-0.4, -0.2) is 9.91 Å². The average Bonchev–Trinajstić information content (AvgIpc) is 3.27. The van der Waals surface area contributed by atoms with Gasteiger partial charge < -0.3 is 4.98 Å². The topological polar surface area (TPSA) is 58.9 Å². The fourth-order valence-electron chi connectivity index (χ4n) is 6.00. The van der Waals surface area contributed by atoms with Crippen molar-refractivity contribution in [2.24, 2.45) is 0 Å². The third kappa shape index (κ3) is 3.61. The molecule has 1 aromatic heterocycles. The number of aromatic nitrogens is 1. The van der Waals surface area contributed by atoms with Crippen LogP contribution in [0.15, 0.2) is 78.9 Å². The zero-order valence-electron chi connectivity index (χ0n) is 20.6. The van der Waals surface area contributed by atoms with Gasteiger partial charge in [-0.25, -0.2) is 0 Å². The van der Waals surface area contributed by atoms with Crippen LogP contribution in [0.4, 0.5) is 5.69 Å². The first-order valence-electron chi connectivity index (χ1n) is 12.6. The molecule has 0 fully saturated rings. The molecule has 0 radical (unpaired) electrons. The molecule has 1 aliphatic carbocycles. The second-order valence-electron chi connectivity index (χ2n) is 9.81. The van der Waals surface area contributed by atoms with E-state index in [1.54, 1.807) is 18.1 Å². The van der Waals surface area contributed by atoms with Crippen molar-refractivity contribution >= 4 is 49.0 Å². The minimum atomic E-state index is -0.300. The number of para-hydroxylation sites is 1. The maximum absolute atomic E-state index is 11.1. The molecule has 36 heavy (non-hydrogen) atoms. The van der Waals surface area contributed by atoms with Crippen molar-refractivity contribution in [3.63, 3.8) is 0 Å². The summed E-state index contributed by atoms with van der Waals surface area (Å²) in [5.74, 6) is 0. The number of benzene rings is 5. The summed E-state index contributed by atoms with van der Waals surface area (Å²) in [5.41, 5.74) is 6.78. The van der Waals surface area contributed by atoms with E-state index >= 15 is 0 Å². The van der Waals surface area contributed by atoms with Gasteiger partial charge in [0.15, 0.2) is 0 Å². The molecular weight excluding hydrogens is 444 g/mol. The summed E-state index contributed by atoms with van der Waals surface area (Å²) < 4.78 is 0. The number of nitro benzene ring substituents is 1. The van der Waals surface area contributed by atoms with Gasteiger partial charge in [0.2, 0.25) is 0 Å². The van der Waals surface area contributed by atoms with Gasteiger partial charge in [0.05, 0.1) is 4.92 Å². The third-order valence-electron chi connectivity index (χ3n) is 7.64. The van der Waals surface area contributed by atoms with Crippen molar-refractivity contribution in [1.29, 1.82) is 0 Å². The largest absolute Gasteiger partial charge is 0.354 e. The maximum atomic E-state index is 11.1. The minimum absolute atomic E-state index is 0.215. The number of hydrogen-bond donors (Lipinski definition) is 1. The normalized spacial score (nSPS) is 13.1. The third-order valence-corrected chi connectivity index (χ3v) is 7.64. The quantitative estimate of drug-likeness (QED) is 0.148. The minimum Gasteiger partial charge on any atom is -0.354 e. The standard InChI is InChI=1S/C18H16.C14H12N2O2/c1-3-7-15-13(5-1)9-11-18-16-8-4-2-6-14(16)10-12-17(15)18;1-8-7-12-13(9(2)14(8)16(17)18)10-5-3-4-6-11(10)15-12/h1,3,5,7,9-12H,2,4,6,8H2;3-7,15H,1-2H3. The van der Waals surface area contributed by atoms with Gasteiger partial charge in [-0.3, -0.25) is 10.1 Å². The highest BCUT2D eigenvalue weighted by Gasteiger charge is 2.20. The highest BCUT2D eigenvalue weighted by atomic mass is 16.6. The van der Waals surface area contributed by atoms with Crippen LogP contribution in [0.5, 0.6) is 0 Å². The molecule has 1 heterocycles. The van der Waals surface area contributed by atoms with Crippen LogP contribution in [0.25, 0.3) is 43.4 Å². The molecule has 4 nitrogen and oxygen atoms in total. The summed E-state index contributed by atoms with van der Waals surface area (Å²) in [6.07, 6.45) is 5.22. The monoisotopic (exact) mass is 472 g/mol. The van der Waals surface area contributed by atoms with Gasteiger partial charge in [-0.2, -0.15) is 0 Å². The predicted molar refractivity (Wildman–Crippen MR) is 150 cm³/mol. The predicted octanol–water partition coefficient (Wildman–Crippen LogP) is 8.72. The van der Waals surface area contributed by atoms with Crippen LogP contribution in [0.2, 0.25) is 0 Å². The number of aromatic amines is 1. The lowest BCUT2D eigenvalue weighted by Gasteiger charge is -2.18. The van der Waals surface area contributed by atoms with Crippen LogP contribution in [0, 0.1) is 24.0 Å². The molecule has 1 aliphatic rings. The molecule has 0 aliphatic heterocycles. The summed E-state index contributed by atoms with van der Waals surface area (Å²) in [6.45, 7) is 3.59. The second-order valence-corrected chi connectivity index (χ2v) is 9.81. The Labute approximate surface area is 209 Å². The van der Waals surface area contributed by atoms with E-state index in [2.05, 4.69) is 53.5 Å². The van der Waals surface area contributed by atoms with Crippen LogP contribution >= 0.6 is 0 Å². The molecule has 178 valence electrons. The number of aryl methyl sites for hydroxylation is 4. The molecule has 0 saturated carbocycles. The number of nitrogens with zero attached hydrogens (tertiary/aromatic N) is 1. The Balaban J connectivity index is 0.000000133. The zero-order valence-corrected chi connectivity index (χ0v) is 20.6.